The van der Waals surface area contributed by atoms with Gasteiger partial charge < -0.3 is 15.3 Å². The average Bonchev–Trinajstić information content (AvgIpc) is 2.28. The van der Waals surface area contributed by atoms with Crippen LogP contribution in [0.4, 0.5) is 0 Å². The van der Waals surface area contributed by atoms with Gasteiger partial charge in [-0.1, -0.05) is 17.7 Å². The zero-order valence-corrected chi connectivity index (χ0v) is 9.74. The van der Waals surface area contributed by atoms with Crippen molar-refractivity contribution >= 4 is 0 Å². The highest BCUT2D eigenvalue weighted by Crippen LogP contribution is 2.26. The van der Waals surface area contributed by atoms with Gasteiger partial charge in [0.05, 0.1) is 0 Å². The number of aryl methyl sites for hydroxylation is 3. The van der Waals surface area contributed by atoms with E-state index in [1.165, 1.54) is 0 Å². The SMILES string of the molecule is Cc1cc(CCCO)c(O)c(CCCO)c1. The molecule has 0 aromatic heterocycles. The van der Waals surface area contributed by atoms with Crippen LogP contribution in [0.25, 0.3) is 0 Å². The van der Waals surface area contributed by atoms with E-state index in [4.69, 9.17) is 10.2 Å². The Morgan fingerprint density at radius 2 is 1.38 bits per heavy atom. The molecule has 0 aliphatic carbocycles. The average molecular weight is 224 g/mol. The van der Waals surface area contributed by atoms with Gasteiger partial charge in [0.2, 0.25) is 0 Å². The van der Waals surface area contributed by atoms with Crippen molar-refractivity contribution in [3.8, 4) is 5.75 Å². The highest BCUT2D eigenvalue weighted by molar-refractivity contribution is 5.43. The van der Waals surface area contributed by atoms with Gasteiger partial charge in [-0.25, -0.2) is 0 Å². The predicted molar refractivity (Wildman–Crippen MR) is 63.7 cm³/mol. The number of benzene rings is 1. The summed E-state index contributed by atoms with van der Waals surface area (Å²) in [7, 11) is 0. The Morgan fingerprint density at radius 1 is 0.938 bits per heavy atom. The van der Waals surface area contributed by atoms with E-state index in [1.54, 1.807) is 0 Å². The fourth-order valence-electron chi connectivity index (χ4n) is 1.85. The summed E-state index contributed by atoms with van der Waals surface area (Å²) >= 11 is 0. The quantitative estimate of drug-likeness (QED) is 0.687. The first-order valence-electron chi connectivity index (χ1n) is 5.72. The third kappa shape index (κ3) is 3.51. The lowest BCUT2D eigenvalue weighted by molar-refractivity contribution is 0.287. The van der Waals surface area contributed by atoms with Gasteiger partial charge in [-0.3, -0.25) is 0 Å². The van der Waals surface area contributed by atoms with Crippen LogP contribution in [0.2, 0.25) is 0 Å². The molecule has 0 heterocycles. The van der Waals surface area contributed by atoms with Gasteiger partial charge >= 0.3 is 0 Å². The van der Waals surface area contributed by atoms with Crippen molar-refractivity contribution in [3.05, 3.63) is 28.8 Å². The van der Waals surface area contributed by atoms with E-state index in [1.807, 2.05) is 19.1 Å². The second-order valence-electron chi connectivity index (χ2n) is 4.09. The Labute approximate surface area is 96.4 Å². The molecule has 16 heavy (non-hydrogen) atoms. The van der Waals surface area contributed by atoms with Gasteiger partial charge in [0.1, 0.15) is 5.75 Å². The Bertz CT molecular complexity index is 305. The van der Waals surface area contributed by atoms with Crippen molar-refractivity contribution in [2.75, 3.05) is 13.2 Å². The highest BCUT2D eigenvalue weighted by atomic mass is 16.3. The van der Waals surface area contributed by atoms with E-state index < -0.39 is 0 Å². The fraction of sp³-hybridized carbons (Fsp3) is 0.538. The Kier molecular flexibility index (Phi) is 5.29. The summed E-state index contributed by atoms with van der Waals surface area (Å²) in [5.41, 5.74) is 2.89. The predicted octanol–water partition coefficient (Wildman–Crippen LogP) is 1.55. The Balaban J connectivity index is 2.86. The maximum atomic E-state index is 10.0. The van der Waals surface area contributed by atoms with E-state index in [-0.39, 0.29) is 13.2 Å². The zero-order valence-electron chi connectivity index (χ0n) is 9.74. The summed E-state index contributed by atoms with van der Waals surface area (Å²) in [6, 6.07) is 3.90. The molecule has 0 amide bonds. The number of aliphatic hydroxyl groups is 2. The second-order valence-corrected chi connectivity index (χ2v) is 4.09. The number of hydrogen-bond acceptors (Lipinski definition) is 3. The first-order valence-corrected chi connectivity index (χ1v) is 5.72. The van der Waals surface area contributed by atoms with E-state index in [9.17, 15) is 5.11 Å². The van der Waals surface area contributed by atoms with E-state index in [0.717, 1.165) is 16.7 Å². The third-order valence-electron chi connectivity index (χ3n) is 2.62. The first kappa shape index (κ1) is 13.0. The summed E-state index contributed by atoms with van der Waals surface area (Å²) < 4.78 is 0. The van der Waals surface area contributed by atoms with Crippen molar-refractivity contribution in [3.63, 3.8) is 0 Å². The van der Waals surface area contributed by atoms with Gasteiger partial charge in [-0.2, -0.15) is 0 Å². The lowest BCUT2D eigenvalue weighted by Crippen LogP contribution is -1.97. The summed E-state index contributed by atoms with van der Waals surface area (Å²) in [4.78, 5) is 0. The minimum atomic E-state index is 0.138. The molecule has 3 heteroatoms. The fourth-order valence-corrected chi connectivity index (χ4v) is 1.85. The lowest BCUT2D eigenvalue weighted by Gasteiger charge is -2.11. The van der Waals surface area contributed by atoms with Crippen molar-refractivity contribution < 1.29 is 15.3 Å². The highest BCUT2D eigenvalue weighted by Gasteiger charge is 2.08. The molecule has 1 aromatic carbocycles. The van der Waals surface area contributed by atoms with Gasteiger partial charge in [-0.15, -0.1) is 0 Å². The molecule has 0 unspecified atom stereocenters. The molecule has 1 rings (SSSR count). The van der Waals surface area contributed by atoms with Gasteiger partial charge in [0.25, 0.3) is 0 Å². The van der Waals surface area contributed by atoms with Crippen LogP contribution in [0.1, 0.15) is 29.5 Å². The van der Waals surface area contributed by atoms with Crippen LogP contribution in [0, 0.1) is 6.92 Å². The van der Waals surface area contributed by atoms with Crippen molar-refractivity contribution in [1.29, 1.82) is 0 Å². The van der Waals surface area contributed by atoms with Crippen molar-refractivity contribution in [1.82, 2.24) is 0 Å². The summed E-state index contributed by atoms with van der Waals surface area (Å²) in [6.07, 6.45) is 2.71. The second kappa shape index (κ2) is 6.51. The number of phenols is 1. The molecule has 0 radical (unpaired) electrons. The molecule has 0 saturated carbocycles. The first-order chi connectivity index (χ1) is 7.69. The maximum Gasteiger partial charge on any atom is 0.121 e. The molecule has 0 bridgehead atoms. The number of hydrogen-bond donors (Lipinski definition) is 3. The largest absolute Gasteiger partial charge is 0.507 e. The summed E-state index contributed by atoms with van der Waals surface area (Å²) in [5, 5.41) is 27.6. The molecular weight excluding hydrogens is 204 g/mol. The van der Waals surface area contributed by atoms with Gasteiger partial charge in [-0.05, 0) is 43.7 Å². The molecule has 0 fully saturated rings. The molecule has 3 N–H and O–H groups in total. The summed E-state index contributed by atoms with van der Waals surface area (Å²) in [6.45, 7) is 2.27. The monoisotopic (exact) mass is 224 g/mol. The van der Waals surface area contributed by atoms with Crippen molar-refractivity contribution in [2.24, 2.45) is 0 Å². The molecule has 3 nitrogen and oxygen atoms in total. The van der Waals surface area contributed by atoms with Crippen LogP contribution in [-0.4, -0.2) is 28.5 Å². The number of phenolic OH excluding ortho intramolecular Hbond substituents is 1. The Hall–Kier alpha value is -1.06. The Morgan fingerprint density at radius 3 is 1.75 bits per heavy atom. The van der Waals surface area contributed by atoms with Crippen LogP contribution >= 0.6 is 0 Å². The maximum absolute atomic E-state index is 10.0. The van der Waals surface area contributed by atoms with Crippen LogP contribution in [0.3, 0.4) is 0 Å². The van der Waals surface area contributed by atoms with E-state index >= 15 is 0 Å². The molecule has 0 aliphatic rings. The molecular formula is C13H20O3. The summed E-state index contributed by atoms with van der Waals surface area (Å²) in [5.74, 6) is 0.326. The van der Waals surface area contributed by atoms with Crippen LogP contribution in [0.15, 0.2) is 12.1 Å². The van der Waals surface area contributed by atoms with Crippen LogP contribution < -0.4 is 0 Å². The number of rotatable bonds is 6. The smallest absolute Gasteiger partial charge is 0.121 e. The normalized spacial score (nSPS) is 10.7. The van der Waals surface area contributed by atoms with Gasteiger partial charge in [0.15, 0.2) is 0 Å². The number of aliphatic hydroxyl groups excluding tert-OH is 2. The molecule has 0 atom stereocenters. The van der Waals surface area contributed by atoms with Gasteiger partial charge in [0, 0.05) is 13.2 Å². The number of aromatic hydroxyl groups is 1. The molecule has 0 aliphatic heterocycles. The van der Waals surface area contributed by atoms with E-state index in [2.05, 4.69) is 0 Å². The standard InChI is InChI=1S/C13H20O3/c1-10-8-11(4-2-6-14)13(16)12(9-10)5-3-7-15/h8-9,14-16H,2-7H2,1H3. The van der Waals surface area contributed by atoms with Crippen LogP contribution in [0.5, 0.6) is 5.75 Å². The topological polar surface area (TPSA) is 60.7 Å². The molecule has 1 aromatic rings. The minimum Gasteiger partial charge on any atom is -0.507 e. The molecule has 90 valence electrons. The zero-order chi connectivity index (χ0) is 12.0. The molecule has 0 saturated heterocycles. The van der Waals surface area contributed by atoms with Crippen LogP contribution in [-0.2, 0) is 12.8 Å². The lowest BCUT2D eigenvalue weighted by atomic mass is 9.98. The third-order valence-corrected chi connectivity index (χ3v) is 2.62. The minimum absolute atomic E-state index is 0.138. The molecule has 0 spiro atoms. The van der Waals surface area contributed by atoms with Crippen molar-refractivity contribution in [2.45, 2.75) is 32.6 Å². The van der Waals surface area contributed by atoms with E-state index in [0.29, 0.717) is 31.4 Å².